The first-order valence-electron chi connectivity index (χ1n) is 7.49. The van der Waals surface area contributed by atoms with Gasteiger partial charge in [0.25, 0.3) is 0 Å². The second-order valence-corrected chi connectivity index (χ2v) is 5.80. The van der Waals surface area contributed by atoms with Gasteiger partial charge in [-0.05, 0) is 30.2 Å². The zero-order valence-electron chi connectivity index (χ0n) is 13.1. The maximum absolute atomic E-state index is 12.3. The Morgan fingerprint density at radius 1 is 1.22 bits per heavy atom. The smallest absolute Gasteiger partial charge is 0.239 e. The van der Waals surface area contributed by atoms with Crippen molar-refractivity contribution in [2.45, 2.75) is 12.5 Å². The lowest BCUT2D eigenvalue weighted by molar-refractivity contribution is -0.131. The van der Waals surface area contributed by atoms with Gasteiger partial charge in [-0.3, -0.25) is 4.79 Å². The van der Waals surface area contributed by atoms with Crippen molar-refractivity contribution in [1.29, 1.82) is 0 Å². The highest BCUT2D eigenvalue weighted by Crippen LogP contribution is 2.16. The van der Waals surface area contributed by atoms with Crippen molar-refractivity contribution in [2.24, 2.45) is 5.73 Å². The van der Waals surface area contributed by atoms with Crippen LogP contribution < -0.4 is 10.5 Å². The summed E-state index contributed by atoms with van der Waals surface area (Å²) in [6.07, 6.45) is 0.527. The summed E-state index contributed by atoms with van der Waals surface area (Å²) < 4.78 is 5.59. The molecule has 0 heterocycles. The minimum Gasteiger partial charge on any atom is -0.492 e. The predicted octanol–water partition coefficient (Wildman–Crippen LogP) is 2.75. The molecule has 5 heteroatoms. The summed E-state index contributed by atoms with van der Waals surface area (Å²) in [5.41, 5.74) is 7.06. The van der Waals surface area contributed by atoms with E-state index in [1.54, 1.807) is 24.1 Å². The fraction of sp³-hybridized carbons (Fsp3) is 0.278. The molecule has 0 fully saturated rings. The molecule has 0 spiro atoms. The van der Waals surface area contributed by atoms with Crippen molar-refractivity contribution in [3.63, 3.8) is 0 Å². The third-order valence-corrected chi connectivity index (χ3v) is 3.72. The minimum atomic E-state index is -0.548. The molecule has 0 saturated heterocycles. The minimum absolute atomic E-state index is 0.0939. The summed E-state index contributed by atoms with van der Waals surface area (Å²) >= 11 is 5.89. The van der Waals surface area contributed by atoms with E-state index in [1.165, 1.54) is 0 Å². The molecule has 2 aromatic rings. The van der Waals surface area contributed by atoms with Crippen molar-refractivity contribution < 1.29 is 9.53 Å². The van der Waals surface area contributed by atoms with E-state index in [2.05, 4.69) is 0 Å². The quantitative estimate of drug-likeness (QED) is 0.848. The number of carbonyl (C=O) groups is 1. The van der Waals surface area contributed by atoms with Crippen LogP contribution in [0.3, 0.4) is 0 Å². The van der Waals surface area contributed by atoms with Gasteiger partial charge < -0.3 is 15.4 Å². The molecule has 1 atom stereocenters. The first kappa shape index (κ1) is 17.3. The summed E-state index contributed by atoms with van der Waals surface area (Å²) in [5.74, 6) is 0.593. The molecule has 0 radical (unpaired) electrons. The molecule has 2 N–H and O–H groups in total. The number of nitrogens with two attached hydrogens (primary N) is 1. The fourth-order valence-electron chi connectivity index (χ4n) is 2.21. The number of carbonyl (C=O) groups excluding carboxylic acids is 1. The zero-order valence-corrected chi connectivity index (χ0v) is 13.9. The summed E-state index contributed by atoms with van der Waals surface area (Å²) in [5, 5.41) is 0.622. The highest BCUT2D eigenvalue weighted by molar-refractivity contribution is 6.30. The van der Waals surface area contributed by atoms with E-state index >= 15 is 0 Å². The van der Waals surface area contributed by atoms with Crippen LogP contribution >= 0.6 is 11.6 Å². The van der Waals surface area contributed by atoms with Crippen LogP contribution in [0.2, 0.25) is 5.02 Å². The van der Waals surface area contributed by atoms with Gasteiger partial charge in [-0.15, -0.1) is 0 Å². The molecule has 0 saturated carbocycles. The first-order valence-corrected chi connectivity index (χ1v) is 7.87. The normalized spacial score (nSPS) is 11.8. The predicted molar refractivity (Wildman–Crippen MR) is 92.7 cm³/mol. The number of likely N-dealkylation sites (N-methyl/N-ethyl adjacent to an activating group) is 1. The second-order valence-electron chi connectivity index (χ2n) is 5.36. The van der Waals surface area contributed by atoms with Crippen LogP contribution in [-0.4, -0.2) is 37.0 Å². The monoisotopic (exact) mass is 332 g/mol. The number of amides is 1. The molecule has 0 aromatic heterocycles. The van der Waals surface area contributed by atoms with Gasteiger partial charge in [-0.2, -0.15) is 0 Å². The standard InChI is InChI=1S/C18H21ClN2O2/c1-21(10-11-23-16-9-5-8-15(19)13-16)18(22)17(20)12-14-6-3-2-4-7-14/h2-9,13,17H,10-12,20H2,1H3/t17-/m0/s1. The molecule has 0 unspecified atom stereocenters. The lowest BCUT2D eigenvalue weighted by Gasteiger charge is -2.21. The van der Waals surface area contributed by atoms with Crippen LogP contribution in [0.25, 0.3) is 0 Å². The molecule has 0 aliphatic rings. The molecule has 0 aliphatic carbocycles. The molecule has 1 amide bonds. The molecule has 4 nitrogen and oxygen atoms in total. The number of benzene rings is 2. The van der Waals surface area contributed by atoms with Gasteiger partial charge in [0.05, 0.1) is 12.6 Å². The Morgan fingerprint density at radius 3 is 2.65 bits per heavy atom. The van der Waals surface area contributed by atoms with Gasteiger partial charge in [0.1, 0.15) is 12.4 Å². The van der Waals surface area contributed by atoms with E-state index in [9.17, 15) is 4.79 Å². The number of halogens is 1. The number of hydrogen-bond donors (Lipinski definition) is 1. The van der Waals surface area contributed by atoms with Crippen molar-refractivity contribution in [3.8, 4) is 5.75 Å². The van der Waals surface area contributed by atoms with Crippen LogP contribution in [0, 0.1) is 0 Å². The molecule has 2 aromatic carbocycles. The van der Waals surface area contributed by atoms with E-state index in [-0.39, 0.29) is 5.91 Å². The zero-order chi connectivity index (χ0) is 16.7. The molecule has 23 heavy (non-hydrogen) atoms. The Morgan fingerprint density at radius 2 is 1.96 bits per heavy atom. The Labute approximate surface area is 141 Å². The van der Waals surface area contributed by atoms with E-state index < -0.39 is 6.04 Å². The maximum atomic E-state index is 12.3. The number of hydrogen-bond acceptors (Lipinski definition) is 3. The lowest BCUT2D eigenvalue weighted by Crippen LogP contribution is -2.44. The SMILES string of the molecule is CN(CCOc1cccc(Cl)c1)C(=O)[C@@H](N)Cc1ccccc1. The fourth-order valence-corrected chi connectivity index (χ4v) is 2.39. The van der Waals surface area contributed by atoms with Gasteiger partial charge in [0.2, 0.25) is 5.91 Å². The van der Waals surface area contributed by atoms with Crippen molar-refractivity contribution in [3.05, 3.63) is 65.2 Å². The van der Waals surface area contributed by atoms with E-state index in [4.69, 9.17) is 22.1 Å². The number of nitrogens with zero attached hydrogens (tertiary/aromatic N) is 1. The Bertz CT molecular complexity index is 634. The van der Waals surface area contributed by atoms with E-state index in [0.29, 0.717) is 30.3 Å². The first-order chi connectivity index (χ1) is 11.1. The average molecular weight is 333 g/mol. The number of ether oxygens (including phenoxy) is 1. The largest absolute Gasteiger partial charge is 0.492 e. The summed E-state index contributed by atoms with van der Waals surface area (Å²) in [7, 11) is 1.73. The van der Waals surface area contributed by atoms with Crippen molar-refractivity contribution in [2.75, 3.05) is 20.2 Å². The topological polar surface area (TPSA) is 55.6 Å². The summed E-state index contributed by atoms with van der Waals surface area (Å²) in [6.45, 7) is 0.856. The van der Waals surface area contributed by atoms with E-state index in [0.717, 1.165) is 5.56 Å². The molecular weight excluding hydrogens is 312 g/mol. The van der Waals surface area contributed by atoms with Gasteiger partial charge in [0, 0.05) is 12.1 Å². The van der Waals surface area contributed by atoms with Crippen molar-refractivity contribution in [1.82, 2.24) is 4.90 Å². The van der Waals surface area contributed by atoms with Crippen molar-refractivity contribution >= 4 is 17.5 Å². The highest BCUT2D eigenvalue weighted by Gasteiger charge is 2.18. The Kier molecular flexibility index (Phi) is 6.44. The van der Waals surface area contributed by atoms with Gasteiger partial charge in [-0.25, -0.2) is 0 Å². The van der Waals surface area contributed by atoms with Crippen LogP contribution in [-0.2, 0) is 11.2 Å². The second kappa shape index (κ2) is 8.56. The summed E-state index contributed by atoms with van der Waals surface area (Å²) in [4.78, 5) is 13.9. The molecule has 0 bridgehead atoms. The maximum Gasteiger partial charge on any atom is 0.239 e. The van der Waals surface area contributed by atoms with Crippen LogP contribution in [0.1, 0.15) is 5.56 Å². The molecule has 0 aliphatic heterocycles. The lowest BCUT2D eigenvalue weighted by atomic mass is 10.1. The van der Waals surface area contributed by atoms with Gasteiger partial charge in [0.15, 0.2) is 0 Å². The highest BCUT2D eigenvalue weighted by atomic mass is 35.5. The summed E-state index contributed by atoms with van der Waals surface area (Å²) in [6, 6.07) is 16.4. The Balaban J connectivity index is 1.78. The van der Waals surface area contributed by atoms with Crippen LogP contribution in [0.4, 0.5) is 0 Å². The average Bonchev–Trinajstić information content (AvgIpc) is 2.55. The third-order valence-electron chi connectivity index (χ3n) is 3.48. The van der Waals surface area contributed by atoms with Crippen LogP contribution in [0.5, 0.6) is 5.75 Å². The van der Waals surface area contributed by atoms with Crippen LogP contribution in [0.15, 0.2) is 54.6 Å². The number of rotatable bonds is 7. The Hall–Kier alpha value is -2.04. The molecule has 122 valence electrons. The third kappa shape index (κ3) is 5.58. The van der Waals surface area contributed by atoms with E-state index in [1.807, 2.05) is 42.5 Å². The van der Waals surface area contributed by atoms with Gasteiger partial charge >= 0.3 is 0 Å². The molecular formula is C18H21ClN2O2. The van der Waals surface area contributed by atoms with Gasteiger partial charge in [-0.1, -0.05) is 48.0 Å². The molecule has 2 rings (SSSR count).